The molecule has 0 spiro atoms. The van der Waals surface area contributed by atoms with Gasteiger partial charge in [0.15, 0.2) is 0 Å². The van der Waals surface area contributed by atoms with Crippen LogP contribution in [0.25, 0.3) is 0 Å². The van der Waals surface area contributed by atoms with Gasteiger partial charge in [0.05, 0.1) is 0 Å². The van der Waals surface area contributed by atoms with E-state index in [9.17, 15) is 0 Å². The second-order valence-corrected chi connectivity index (χ2v) is 6.83. The van der Waals surface area contributed by atoms with Crippen LogP contribution < -0.4 is 5.73 Å². The van der Waals surface area contributed by atoms with Gasteiger partial charge in [0.2, 0.25) is 0 Å². The minimum atomic E-state index is 0.352. The monoisotopic (exact) mass is 246 g/mol. The Kier molecular flexibility index (Phi) is 4.06. The predicted molar refractivity (Wildman–Crippen MR) is 76.2 cm³/mol. The average molecular weight is 246 g/mol. The zero-order valence-electron chi connectivity index (χ0n) is 11.9. The van der Waals surface area contributed by atoms with Crippen molar-refractivity contribution in [1.29, 1.82) is 0 Å². The summed E-state index contributed by atoms with van der Waals surface area (Å²) < 4.78 is 0. The molecule has 0 amide bonds. The Labute approximate surface area is 111 Å². The fourth-order valence-electron chi connectivity index (χ4n) is 3.10. The number of pyridine rings is 1. The maximum absolute atomic E-state index is 6.30. The van der Waals surface area contributed by atoms with Crippen LogP contribution in [0.15, 0.2) is 24.4 Å². The number of hydrogen-bond acceptors (Lipinski definition) is 2. The summed E-state index contributed by atoms with van der Waals surface area (Å²) in [6.45, 7) is 7.06. The van der Waals surface area contributed by atoms with Gasteiger partial charge in [0.25, 0.3) is 0 Å². The number of rotatable bonds is 2. The molecule has 0 aromatic carbocycles. The molecule has 2 heteroatoms. The summed E-state index contributed by atoms with van der Waals surface area (Å²) >= 11 is 0. The van der Waals surface area contributed by atoms with Gasteiger partial charge in [-0.15, -0.1) is 0 Å². The summed E-state index contributed by atoms with van der Waals surface area (Å²) in [5.41, 5.74) is 7.90. The highest BCUT2D eigenvalue weighted by molar-refractivity contribution is 5.06. The number of nitrogens with two attached hydrogens (primary N) is 1. The summed E-state index contributed by atoms with van der Waals surface area (Å²) in [4.78, 5) is 4.44. The maximum Gasteiger partial charge on any atom is 0.0406 e. The van der Waals surface area contributed by atoms with E-state index in [-0.39, 0.29) is 0 Å². The topological polar surface area (TPSA) is 38.9 Å². The molecule has 3 unspecified atom stereocenters. The molecule has 1 fully saturated rings. The molecule has 3 atom stereocenters. The molecule has 2 nitrogen and oxygen atoms in total. The molecule has 1 saturated carbocycles. The average Bonchev–Trinajstić information content (AvgIpc) is 2.32. The van der Waals surface area contributed by atoms with Gasteiger partial charge in [0.1, 0.15) is 0 Å². The van der Waals surface area contributed by atoms with Gasteiger partial charge >= 0.3 is 0 Å². The van der Waals surface area contributed by atoms with Crippen molar-refractivity contribution < 1.29 is 0 Å². The molecule has 100 valence electrons. The zero-order chi connectivity index (χ0) is 13.2. The summed E-state index contributed by atoms with van der Waals surface area (Å²) in [6, 6.07) is 6.51. The van der Waals surface area contributed by atoms with Crippen molar-refractivity contribution in [3.05, 3.63) is 30.1 Å². The lowest BCUT2D eigenvalue weighted by Gasteiger charge is -2.40. The highest BCUT2D eigenvalue weighted by Crippen LogP contribution is 2.40. The highest BCUT2D eigenvalue weighted by atomic mass is 14.7. The predicted octanol–water partition coefficient (Wildman–Crippen LogP) is 3.41. The Hall–Kier alpha value is -0.890. The first-order valence-corrected chi connectivity index (χ1v) is 7.12. The zero-order valence-corrected chi connectivity index (χ0v) is 11.9. The van der Waals surface area contributed by atoms with Gasteiger partial charge in [-0.1, -0.05) is 26.8 Å². The number of nitrogens with zero attached hydrogens (tertiary/aromatic N) is 1. The molecule has 1 aromatic heterocycles. The molecular weight excluding hydrogens is 220 g/mol. The lowest BCUT2D eigenvalue weighted by Crippen LogP contribution is -2.40. The lowest BCUT2D eigenvalue weighted by molar-refractivity contribution is 0.126. The van der Waals surface area contributed by atoms with Crippen LogP contribution in [0.4, 0.5) is 0 Å². The number of hydrogen-bond donors (Lipinski definition) is 1. The molecule has 0 bridgehead atoms. The minimum absolute atomic E-state index is 0.352. The van der Waals surface area contributed by atoms with E-state index in [1.807, 2.05) is 12.3 Å². The molecule has 1 heterocycles. The van der Waals surface area contributed by atoms with E-state index in [2.05, 4.69) is 37.9 Å². The van der Waals surface area contributed by atoms with Gasteiger partial charge < -0.3 is 5.73 Å². The molecule has 1 aliphatic rings. The summed E-state index contributed by atoms with van der Waals surface area (Å²) in [7, 11) is 0. The van der Waals surface area contributed by atoms with Gasteiger partial charge in [-0.05, 0) is 55.1 Å². The third-order valence-corrected chi connectivity index (χ3v) is 4.46. The van der Waals surface area contributed by atoms with Crippen molar-refractivity contribution in [3.63, 3.8) is 0 Å². The highest BCUT2D eigenvalue weighted by Gasteiger charge is 2.34. The fourth-order valence-corrected chi connectivity index (χ4v) is 3.10. The van der Waals surface area contributed by atoms with Crippen molar-refractivity contribution in [2.24, 2.45) is 23.0 Å². The van der Waals surface area contributed by atoms with Crippen LogP contribution in [-0.2, 0) is 6.42 Å². The Morgan fingerprint density at radius 1 is 1.28 bits per heavy atom. The molecule has 2 rings (SSSR count). The molecule has 1 aromatic rings. The fraction of sp³-hybridized carbons (Fsp3) is 0.688. The van der Waals surface area contributed by atoms with E-state index < -0.39 is 0 Å². The third-order valence-electron chi connectivity index (χ3n) is 4.46. The van der Waals surface area contributed by atoms with Crippen LogP contribution in [0.5, 0.6) is 0 Å². The van der Waals surface area contributed by atoms with Crippen LogP contribution in [0.2, 0.25) is 0 Å². The van der Waals surface area contributed by atoms with Crippen molar-refractivity contribution in [1.82, 2.24) is 4.98 Å². The van der Waals surface area contributed by atoms with E-state index >= 15 is 0 Å². The van der Waals surface area contributed by atoms with Crippen molar-refractivity contribution in [3.8, 4) is 0 Å². The Balaban J connectivity index is 2.02. The van der Waals surface area contributed by atoms with E-state index in [0.29, 0.717) is 17.4 Å². The van der Waals surface area contributed by atoms with Crippen LogP contribution in [-0.4, -0.2) is 11.0 Å². The van der Waals surface area contributed by atoms with Crippen LogP contribution in [0.3, 0.4) is 0 Å². The Morgan fingerprint density at radius 2 is 2.06 bits per heavy atom. The Bertz CT molecular complexity index is 366. The van der Waals surface area contributed by atoms with Crippen molar-refractivity contribution >= 4 is 0 Å². The first kappa shape index (κ1) is 13.5. The van der Waals surface area contributed by atoms with Crippen LogP contribution in [0, 0.1) is 17.3 Å². The Morgan fingerprint density at radius 3 is 2.67 bits per heavy atom. The molecular formula is C16H26N2. The molecule has 0 radical (unpaired) electrons. The second-order valence-electron chi connectivity index (χ2n) is 6.83. The van der Waals surface area contributed by atoms with E-state index in [1.54, 1.807) is 0 Å². The van der Waals surface area contributed by atoms with E-state index in [0.717, 1.165) is 12.3 Å². The molecule has 1 aliphatic carbocycles. The maximum atomic E-state index is 6.30. The number of aromatic nitrogens is 1. The summed E-state index contributed by atoms with van der Waals surface area (Å²) in [6.07, 6.45) is 6.61. The van der Waals surface area contributed by atoms with Gasteiger partial charge in [-0.25, -0.2) is 0 Å². The van der Waals surface area contributed by atoms with E-state index in [1.165, 1.54) is 25.0 Å². The smallest absolute Gasteiger partial charge is 0.0406 e. The minimum Gasteiger partial charge on any atom is -0.327 e. The van der Waals surface area contributed by atoms with E-state index in [4.69, 9.17) is 5.73 Å². The van der Waals surface area contributed by atoms with Crippen molar-refractivity contribution in [2.75, 3.05) is 0 Å². The molecule has 0 saturated heterocycles. The summed E-state index contributed by atoms with van der Waals surface area (Å²) in [5, 5.41) is 0. The molecule has 0 aliphatic heterocycles. The van der Waals surface area contributed by atoms with Gasteiger partial charge in [-0.2, -0.15) is 0 Å². The standard InChI is InChI=1S/C16H26N2/c1-16(2,3)13-7-8-15(17)12(10-13)11-14-6-4-5-9-18-14/h4-6,9,12-13,15H,7-8,10-11,17H2,1-3H3. The second kappa shape index (κ2) is 5.40. The lowest BCUT2D eigenvalue weighted by atomic mass is 9.67. The first-order chi connectivity index (χ1) is 8.47. The first-order valence-electron chi connectivity index (χ1n) is 7.12. The molecule has 2 N–H and O–H groups in total. The van der Waals surface area contributed by atoms with Crippen LogP contribution >= 0.6 is 0 Å². The van der Waals surface area contributed by atoms with Gasteiger partial charge in [-0.3, -0.25) is 4.98 Å². The normalized spacial score (nSPS) is 29.2. The van der Waals surface area contributed by atoms with Crippen molar-refractivity contribution in [2.45, 2.75) is 52.5 Å². The van der Waals surface area contributed by atoms with Crippen LogP contribution in [0.1, 0.15) is 45.7 Å². The summed E-state index contributed by atoms with van der Waals surface area (Å²) in [5.74, 6) is 1.39. The quantitative estimate of drug-likeness (QED) is 0.868. The SMILES string of the molecule is CC(C)(C)C1CCC(N)C(Cc2ccccn2)C1. The molecule has 18 heavy (non-hydrogen) atoms. The largest absolute Gasteiger partial charge is 0.327 e. The van der Waals surface area contributed by atoms with Gasteiger partial charge in [0, 0.05) is 17.9 Å². The third kappa shape index (κ3) is 3.32.